The zero-order valence-electron chi connectivity index (χ0n) is 8.61. The van der Waals surface area contributed by atoms with Crippen LogP contribution in [-0.2, 0) is 6.54 Å². The van der Waals surface area contributed by atoms with Gasteiger partial charge in [-0.05, 0) is 18.2 Å². The Balaban J connectivity index is 2.01. The van der Waals surface area contributed by atoms with Crippen molar-refractivity contribution in [2.45, 2.75) is 6.54 Å². The van der Waals surface area contributed by atoms with E-state index in [1.165, 1.54) is 0 Å². The van der Waals surface area contributed by atoms with Crippen LogP contribution in [0.4, 0.5) is 0 Å². The van der Waals surface area contributed by atoms with Crippen molar-refractivity contribution in [3.8, 4) is 0 Å². The normalized spacial score (nSPS) is 10.8. The molecule has 16 heavy (non-hydrogen) atoms. The topological polar surface area (TPSA) is 43.6 Å². The predicted octanol–water partition coefficient (Wildman–Crippen LogP) is 1.87. The average Bonchev–Trinajstić information content (AvgIpc) is 2.74. The van der Waals surface area contributed by atoms with Gasteiger partial charge < -0.3 is 4.57 Å². The molecule has 0 N–H and O–H groups in total. The van der Waals surface area contributed by atoms with Crippen LogP contribution in [0, 0.1) is 0 Å². The molecule has 0 bridgehead atoms. The number of hydrogen-bond donors (Lipinski definition) is 0. The minimum atomic E-state index is 0.703. The first-order valence-corrected chi connectivity index (χ1v) is 5.08. The van der Waals surface area contributed by atoms with E-state index in [2.05, 4.69) is 31.7 Å². The monoisotopic (exact) mass is 210 g/mol. The molecule has 0 atom stereocenters. The Bertz CT molecular complexity index is 600. The van der Waals surface area contributed by atoms with Gasteiger partial charge in [-0.15, -0.1) is 0 Å². The van der Waals surface area contributed by atoms with E-state index in [4.69, 9.17) is 0 Å². The maximum absolute atomic E-state index is 4.35. The van der Waals surface area contributed by atoms with E-state index >= 15 is 0 Å². The molecule has 3 heterocycles. The summed E-state index contributed by atoms with van der Waals surface area (Å²) in [4.78, 5) is 12.7. The van der Waals surface area contributed by atoms with Crippen molar-refractivity contribution in [1.29, 1.82) is 0 Å². The third kappa shape index (κ3) is 1.54. The molecule has 0 saturated heterocycles. The minimum absolute atomic E-state index is 0.703. The Morgan fingerprint density at radius 1 is 1.06 bits per heavy atom. The van der Waals surface area contributed by atoms with E-state index in [1.54, 1.807) is 24.8 Å². The Kier molecular flexibility index (Phi) is 2.11. The number of pyridine rings is 1. The lowest BCUT2D eigenvalue weighted by Gasteiger charge is -2.02. The van der Waals surface area contributed by atoms with E-state index in [0.29, 0.717) is 6.54 Å². The third-order valence-electron chi connectivity index (χ3n) is 2.47. The van der Waals surface area contributed by atoms with E-state index in [0.717, 1.165) is 16.7 Å². The van der Waals surface area contributed by atoms with E-state index < -0.39 is 0 Å². The number of rotatable bonds is 2. The van der Waals surface area contributed by atoms with Crippen LogP contribution in [0.25, 0.3) is 11.0 Å². The van der Waals surface area contributed by atoms with Crippen LogP contribution in [0.3, 0.4) is 0 Å². The lowest BCUT2D eigenvalue weighted by molar-refractivity contribution is 0.791. The molecule has 0 radical (unpaired) electrons. The fraction of sp³-hybridized carbons (Fsp3) is 0.0833. The lowest BCUT2D eigenvalue weighted by Crippen LogP contribution is -2.01. The summed E-state index contributed by atoms with van der Waals surface area (Å²) >= 11 is 0. The molecule has 3 aromatic heterocycles. The maximum atomic E-state index is 4.35. The molecule has 0 unspecified atom stereocenters. The number of hydrogen-bond acceptors (Lipinski definition) is 3. The maximum Gasteiger partial charge on any atom is 0.140 e. The van der Waals surface area contributed by atoms with Crippen LogP contribution in [0.1, 0.15) is 5.69 Å². The number of nitrogens with zero attached hydrogens (tertiary/aromatic N) is 4. The van der Waals surface area contributed by atoms with Gasteiger partial charge in [0.2, 0.25) is 0 Å². The van der Waals surface area contributed by atoms with Crippen LogP contribution >= 0.6 is 0 Å². The number of aromatic nitrogens is 4. The van der Waals surface area contributed by atoms with Gasteiger partial charge >= 0.3 is 0 Å². The Morgan fingerprint density at radius 2 is 2.06 bits per heavy atom. The summed E-state index contributed by atoms with van der Waals surface area (Å²) in [6.07, 6.45) is 8.97. The first-order chi connectivity index (χ1) is 7.93. The second-order valence-electron chi connectivity index (χ2n) is 3.56. The molecular formula is C12H10N4. The molecule has 0 aliphatic heterocycles. The molecule has 3 rings (SSSR count). The van der Waals surface area contributed by atoms with Gasteiger partial charge in [0.25, 0.3) is 0 Å². The van der Waals surface area contributed by atoms with Gasteiger partial charge in [0.05, 0.1) is 18.4 Å². The molecule has 0 saturated carbocycles. The summed E-state index contributed by atoms with van der Waals surface area (Å²) in [6.45, 7) is 0.703. The fourth-order valence-corrected chi connectivity index (χ4v) is 1.73. The smallest absolute Gasteiger partial charge is 0.140 e. The minimum Gasteiger partial charge on any atom is -0.326 e. The molecule has 0 aliphatic rings. The van der Waals surface area contributed by atoms with Crippen LogP contribution < -0.4 is 0 Å². The van der Waals surface area contributed by atoms with Crippen molar-refractivity contribution in [2.24, 2.45) is 0 Å². The van der Waals surface area contributed by atoms with Crippen molar-refractivity contribution >= 4 is 11.0 Å². The van der Waals surface area contributed by atoms with Crippen molar-refractivity contribution in [1.82, 2.24) is 19.5 Å². The second kappa shape index (κ2) is 3.73. The highest BCUT2D eigenvalue weighted by molar-refractivity contribution is 5.75. The Labute approximate surface area is 92.6 Å². The van der Waals surface area contributed by atoms with Gasteiger partial charge in [-0.1, -0.05) is 0 Å². The van der Waals surface area contributed by atoms with Gasteiger partial charge in [-0.2, -0.15) is 0 Å². The van der Waals surface area contributed by atoms with Gasteiger partial charge in [0.1, 0.15) is 5.65 Å². The lowest BCUT2D eigenvalue weighted by atomic mass is 10.3. The average molecular weight is 210 g/mol. The quantitative estimate of drug-likeness (QED) is 0.648. The summed E-state index contributed by atoms with van der Waals surface area (Å²) in [5.41, 5.74) is 1.92. The summed E-state index contributed by atoms with van der Waals surface area (Å²) in [7, 11) is 0. The molecule has 0 fully saturated rings. The Morgan fingerprint density at radius 3 is 2.94 bits per heavy atom. The first-order valence-electron chi connectivity index (χ1n) is 5.08. The summed E-state index contributed by atoms with van der Waals surface area (Å²) in [6, 6.07) is 6.04. The van der Waals surface area contributed by atoms with Crippen molar-refractivity contribution in [3.63, 3.8) is 0 Å². The molecule has 78 valence electrons. The molecule has 3 aromatic rings. The molecule has 0 aliphatic carbocycles. The summed E-state index contributed by atoms with van der Waals surface area (Å²) in [5, 5.41) is 1.14. The van der Waals surface area contributed by atoms with E-state index in [9.17, 15) is 0 Å². The van der Waals surface area contributed by atoms with E-state index in [-0.39, 0.29) is 0 Å². The SMILES string of the molecule is c1cnc2c(c1)ccn2Cc1cnccn1. The second-order valence-corrected chi connectivity index (χ2v) is 3.56. The van der Waals surface area contributed by atoms with Crippen molar-refractivity contribution in [2.75, 3.05) is 0 Å². The van der Waals surface area contributed by atoms with Crippen LogP contribution in [0.2, 0.25) is 0 Å². The molecular weight excluding hydrogens is 200 g/mol. The van der Waals surface area contributed by atoms with Crippen LogP contribution in [-0.4, -0.2) is 19.5 Å². The summed E-state index contributed by atoms with van der Waals surface area (Å²) in [5.74, 6) is 0. The zero-order chi connectivity index (χ0) is 10.8. The van der Waals surface area contributed by atoms with Crippen LogP contribution in [0.5, 0.6) is 0 Å². The molecule has 4 nitrogen and oxygen atoms in total. The largest absolute Gasteiger partial charge is 0.326 e. The molecule has 0 spiro atoms. The van der Waals surface area contributed by atoms with Crippen molar-refractivity contribution < 1.29 is 0 Å². The zero-order valence-corrected chi connectivity index (χ0v) is 8.61. The van der Waals surface area contributed by atoms with Gasteiger partial charge in [-0.3, -0.25) is 9.97 Å². The molecule has 4 heteroatoms. The highest BCUT2D eigenvalue weighted by Crippen LogP contribution is 2.13. The predicted molar refractivity (Wildman–Crippen MR) is 60.9 cm³/mol. The summed E-state index contributed by atoms with van der Waals surface area (Å²) < 4.78 is 2.07. The highest BCUT2D eigenvalue weighted by atomic mass is 15.0. The third-order valence-corrected chi connectivity index (χ3v) is 2.47. The Hall–Kier alpha value is -2.23. The number of fused-ring (bicyclic) bond motifs is 1. The van der Waals surface area contributed by atoms with Crippen molar-refractivity contribution in [3.05, 3.63) is 54.9 Å². The standard InChI is InChI=1S/C12H10N4/c1-2-10-3-7-16(12(10)15-4-1)9-11-8-13-5-6-14-11/h1-8H,9H2. The van der Waals surface area contributed by atoms with Gasteiger partial charge in [0.15, 0.2) is 0 Å². The van der Waals surface area contributed by atoms with Gasteiger partial charge in [0, 0.05) is 30.2 Å². The van der Waals surface area contributed by atoms with Gasteiger partial charge in [-0.25, -0.2) is 4.98 Å². The molecule has 0 aromatic carbocycles. The molecule has 0 amide bonds. The highest BCUT2D eigenvalue weighted by Gasteiger charge is 2.02. The fourth-order valence-electron chi connectivity index (χ4n) is 1.73. The van der Waals surface area contributed by atoms with Crippen LogP contribution in [0.15, 0.2) is 49.2 Å². The first kappa shape index (κ1) is 9.03. The van der Waals surface area contributed by atoms with E-state index in [1.807, 2.05) is 12.3 Å².